The number of rotatable bonds is 3. The number of ether oxygens (including phenoxy) is 2. The van der Waals surface area contributed by atoms with Gasteiger partial charge in [-0.05, 0) is 18.9 Å². The van der Waals surface area contributed by atoms with E-state index in [1.807, 2.05) is 18.2 Å². The van der Waals surface area contributed by atoms with Gasteiger partial charge in [-0.15, -0.1) is 0 Å². The molecule has 2 aromatic rings. The van der Waals surface area contributed by atoms with Crippen molar-refractivity contribution in [1.82, 2.24) is 9.97 Å². The molecule has 3 rings (SSSR count). The molecular formula is C15H16ClN3O2. The Morgan fingerprint density at radius 1 is 1.38 bits per heavy atom. The molecule has 21 heavy (non-hydrogen) atoms. The molecule has 0 aliphatic carbocycles. The summed E-state index contributed by atoms with van der Waals surface area (Å²) in [5, 5.41) is 3.97. The van der Waals surface area contributed by atoms with E-state index in [0.717, 1.165) is 24.2 Å². The van der Waals surface area contributed by atoms with Crippen LogP contribution in [0.25, 0.3) is 0 Å². The number of hydrogen-bond acceptors (Lipinski definition) is 5. The van der Waals surface area contributed by atoms with Crippen LogP contribution in [0.1, 0.15) is 24.4 Å². The van der Waals surface area contributed by atoms with Gasteiger partial charge in [0.25, 0.3) is 0 Å². The highest BCUT2D eigenvalue weighted by Crippen LogP contribution is 2.38. The number of halogens is 1. The molecule has 6 heteroatoms. The Kier molecular flexibility index (Phi) is 4.10. The number of hydrogen-bond donors (Lipinski definition) is 1. The molecule has 0 amide bonds. The number of anilines is 1. The summed E-state index contributed by atoms with van der Waals surface area (Å²) < 4.78 is 10.9. The third-order valence-electron chi connectivity index (χ3n) is 3.40. The molecule has 0 spiro atoms. The monoisotopic (exact) mass is 305 g/mol. The van der Waals surface area contributed by atoms with Gasteiger partial charge in [0.1, 0.15) is 5.75 Å². The summed E-state index contributed by atoms with van der Waals surface area (Å²) in [6.07, 6.45) is 3.53. The van der Waals surface area contributed by atoms with Gasteiger partial charge in [-0.25, -0.2) is 4.98 Å². The second-order valence-electron chi connectivity index (χ2n) is 4.77. The normalized spacial score (nSPS) is 17.3. The van der Waals surface area contributed by atoms with Gasteiger partial charge in [0.2, 0.25) is 11.8 Å². The molecule has 1 aromatic carbocycles. The van der Waals surface area contributed by atoms with Gasteiger partial charge in [-0.2, -0.15) is 4.98 Å². The minimum Gasteiger partial charge on any atom is -0.492 e. The first kappa shape index (κ1) is 13.9. The molecule has 0 radical (unpaired) electrons. The zero-order valence-corrected chi connectivity index (χ0v) is 12.4. The van der Waals surface area contributed by atoms with Crippen LogP contribution in [0.2, 0.25) is 5.02 Å². The van der Waals surface area contributed by atoms with Gasteiger partial charge < -0.3 is 14.8 Å². The van der Waals surface area contributed by atoms with Gasteiger partial charge in [-0.1, -0.05) is 23.7 Å². The SMILES string of the molecule is COc1ccnc(NC2CCCOc3c(Cl)cccc32)n1. The number of para-hydroxylation sites is 1. The van der Waals surface area contributed by atoms with Crippen LogP contribution < -0.4 is 14.8 Å². The van der Waals surface area contributed by atoms with Gasteiger partial charge in [0, 0.05) is 17.8 Å². The lowest BCUT2D eigenvalue weighted by atomic mass is 10.0. The number of benzene rings is 1. The molecule has 5 nitrogen and oxygen atoms in total. The highest BCUT2D eigenvalue weighted by Gasteiger charge is 2.22. The van der Waals surface area contributed by atoms with Crippen LogP contribution >= 0.6 is 11.6 Å². The standard InChI is InChI=1S/C15H16ClN3O2/c1-20-13-7-8-17-15(19-13)18-12-6-3-9-21-14-10(12)4-2-5-11(14)16/h2,4-5,7-8,12H,3,6,9H2,1H3,(H,17,18,19). The molecule has 1 aromatic heterocycles. The van der Waals surface area contributed by atoms with Crippen LogP contribution in [-0.4, -0.2) is 23.7 Å². The van der Waals surface area contributed by atoms with Crippen LogP contribution in [0.15, 0.2) is 30.5 Å². The molecule has 2 heterocycles. The molecule has 1 aliphatic heterocycles. The van der Waals surface area contributed by atoms with Crippen molar-refractivity contribution in [1.29, 1.82) is 0 Å². The summed E-state index contributed by atoms with van der Waals surface area (Å²) in [4.78, 5) is 8.52. The Labute approximate surface area is 128 Å². The molecular weight excluding hydrogens is 290 g/mol. The number of methoxy groups -OCH3 is 1. The summed E-state index contributed by atoms with van der Waals surface area (Å²) >= 11 is 6.23. The van der Waals surface area contributed by atoms with Crippen LogP contribution in [0.4, 0.5) is 5.95 Å². The van der Waals surface area contributed by atoms with Crippen molar-refractivity contribution in [3.63, 3.8) is 0 Å². The van der Waals surface area contributed by atoms with E-state index < -0.39 is 0 Å². The maximum absolute atomic E-state index is 6.23. The number of nitrogens with one attached hydrogen (secondary N) is 1. The van der Waals surface area contributed by atoms with E-state index in [1.165, 1.54) is 0 Å². The maximum Gasteiger partial charge on any atom is 0.226 e. The van der Waals surface area contributed by atoms with E-state index >= 15 is 0 Å². The van der Waals surface area contributed by atoms with E-state index in [9.17, 15) is 0 Å². The molecule has 1 unspecified atom stereocenters. The van der Waals surface area contributed by atoms with E-state index in [2.05, 4.69) is 15.3 Å². The lowest BCUT2D eigenvalue weighted by Crippen LogP contribution is -2.12. The quantitative estimate of drug-likeness (QED) is 0.941. The molecule has 110 valence electrons. The van der Waals surface area contributed by atoms with Crippen molar-refractivity contribution < 1.29 is 9.47 Å². The lowest BCUT2D eigenvalue weighted by molar-refractivity contribution is 0.316. The fourth-order valence-electron chi connectivity index (χ4n) is 2.40. The molecule has 0 saturated carbocycles. The first-order chi connectivity index (χ1) is 10.3. The second kappa shape index (κ2) is 6.18. The largest absolute Gasteiger partial charge is 0.492 e. The number of fused-ring (bicyclic) bond motifs is 1. The summed E-state index contributed by atoms with van der Waals surface area (Å²) in [5.41, 5.74) is 1.03. The Balaban J connectivity index is 1.90. The highest BCUT2D eigenvalue weighted by molar-refractivity contribution is 6.32. The number of nitrogens with zero attached hydrogens (tertiary/aromatic N) is 2. The second-order valence-corrected chi connectivity index (χ2v) is 5.18. The Bertz CT molecular complexity index is 636. The van der Waals surface area contributed by atoms with Crippen molar-refractivity contribution in [2.45, 2.75) is 18.9 Å². The number of aromatic nitrogens is 2. The average Bonchev–Trinajstić information content (AvgIpc) is 2.71. The molecule has 1 aliphatic rings. The van der Waals surface area contributed by atoms with Crippen molar-refractivity contribution in [3.8, 4) is 11.6 Å². The van der Waals surface area contributed by atoms with Crippen LogP contribution in [0.3, 0.4) is 0 Å². The average molecular weight is 306 g/mol. The van der Waals surface area contributed by atoms with E-state index in [0.29, 0.717) is 23.5 Å². The Morgan fingerprint density at radius 3 is 3.14 bits per heavy atom. The minimum atomic E-state index is 0.0632. The zero-order chi connectivity index (χ0) is 14.7. The molecule has 0 bridgehead atoms. The first-order valence-corrected chi connectivity index (χ1v) is 7.20. The van der Waals surface area contributed by atoms with Crippen molar-refractivity contribution in [2.24, 2.45) is 0 Å². The summed E-state index contributed by atoms with van der Waals surface area (Å²) in [6.45, 7) is 0.661. The smallest absolute Gasteiger partial charge is 0.226 e. The van der Waals surface area contributed by atoms with Crippen LogP contribution in [0.5, 0.6) is 11.6 Å². The van der Waals surface area contributed by atoms with Crippen molar-refractivity contribution in [2.75, 3.05) is 19.0 Å². The minimum absolute atomic E-state index is 0.0632. The summed E-state index contributed by atoms with van der Waals surface area (Å²) in [5.74, 6) is 1.81. The van der Waals surface area contributed by atoms with Gasteiger partial charge in [-0.3, -0.25) is 0 Å². The highest BCUT2D eigenvalue weighted by atomic mass is 35.5. The van der Waals surface area contributed by atoms with Crippen LogP contribution in [0, 0.1) is 0 Å². The van der Waals surface area contributed by atoms with Gasteiger partial charge in [0.05, 0.1) is 24.8 Å². The lowest BCUT2D eigenvalue weighted by Gasteiger charge is -2.19. The fraction of sp³-hybridized carbons (Fsp3) is 0.333. The fourth-order valence-corrected chi connectivity index (χ4v) is 2.64. The zero-order valence-electron chi connectivity index (χ0n) is 11.7. The maximum atomic E-state index is 6.23. The third kappa shape index (κ3) is 3.03. The topological polar surface area (TPSA) is 56.3 Å². The Hall–Kier alpha value is -2.01. The van der Waals surface area contributed by atoms with E-state index in [-0.39, 0.29) is 6.04 Å². The van der Waals surface area contributed by atoms with Crippen LogP contribution in [-0.2, 0) is 0 Å². The summed E-state index contributed by atoms with van der Waals surface area (Å²) in [7, 11) is 1.58. The van der Waals surface area contributed by atoms with E-state index in [1.54, 1.807) is 19.4 Å². The summed E-state index contributed by atoms with van der Waals surface area (Å²) in [6, 6.07) is 7.56. The van der Waals surface area contributed by atoms with Crippen molar-refractivity contribution >= 4 is 17.5 Å². The predicted octanol–water partition coefficient (Wildman–Crippen LogP) is 3.46. The van der Waals surface area contributed by atoms with E-state index in [4.69, 9.17) is 21.1 Å². The van der Waals surface area contributed by atoms with Gasteiger partial charge >= 0.3 is 0 Å². The Morgan fingerprint density at radius 2 is 2.29 bits per heavy atom. The van der Waals surface area contributed by atoms with Crippen molar-refractivity contribution in [3.05, 3.63) is 41.0 Å². The third-order valence-corrected chi connectivity index (χ3v) is 3.70. The molecule has 0 saturated heterocycles. The molecule has 1 N–H and O–H groups in total. The molecule has 0 fully saturated rings. The predicted molar refractivity (Wildman–Crippen MR) is 81.1 cm³/mol. The molecule has 1 atom stereocenters. The first-order valence-electron chi connectivity index (χ1n) is 6.82. The van der Waals surface area contributed by atoms with Gasteiger partial charge in [0.15, 0.2) is 0 Å².